The van der Waals surface area contributed by atoms with Gasteiger partial charge < -0.3 is 9.64 Å². The van der Waals surface area contributed by atoms with Crippen LogP contribution in [-0.2, 0) is 9.53 Å². The van der Waals surface area contributed by atoms with Crippen molar-refractivity contribution in [1.82, 2.24) is 4.90 Å². The highest BCUT2D eigenvalue weighted by Crippen LogP contribution is 2.54. The summed E-state index contributed by atoms with van der Waals surface area (Å²) in [6, 6.07) is 6.59. The predicted molar refractivity (Wildman–Crippen MR) is 125 cm³/mol. The number of ether oxygens (including phenoxy) is 1. The van der Waals surface area contributed by atoms with Gasteiger partial charge in [0.2, 0.25) is 0 Å². The molecule has 5 rings (SSSR count). The number of fused-ring (bicyclic) bond motifs is 2. The second kappa shape index (κ2) is 7.95. The number of carbonyl (C=O) groups is 1. The minimum atomic E-state index is 0.00318. The Bertz CT molecular complexity index is 885. The zero-order valence-corrected chi connectivity index (χ0v) is 19.7. The van der Waals surface area contributed by atoms with Gasteiger partial charge in [-0.25, -0.2) is 0 Å². The molecule has 31 heavy (non-hydrogen) atoms. The largest absolute Gasteiger partial charge is 0.461 e. The molecule has 4 aliphatic rings. The van der Waals surface area contributed by atoms with Gasteiger partial charge in [-0.3, -0.25) is 9.69 Å². The first-order chi connectivity index (χ1) is 14.9. The van der Waals surface area contributed by atoms with Crippen LogP contribution in [-0.4, -0.2) is 49.7 Å². The van der Waals surface area contributed by atoms with E-state index in [9.17, 15) is 4.79 Å². The number of hydrogen-bond donors (Lipinski definition) is 0. The van der Waals surface area contributed by atoms with Crippen LogP contribution >= 0.6 is 0 Å². The average Bonchev–Trinajstić information content (AvgIpc) is 3.03. The number of esters is 1. The van der Waals surface area contributed by atoms with Crippen molar-refractivity contribution in [3.63, 3.8) is 0 Å². The van der Waals surface area contributed by atoms with Crippen LogP contribution in [0.5, 0.6) is 0 Å². The van der Waals surface area contributed by atoms with Gasteiger partial charge in [-0.2, -0.15) is 0 Å². The third kappa shape index (κ3) is 3.71. The molecule has 1 saturated carbocycles. The van der Waals surface area contributed by atoms with Gasteiger partial charge in [0.25, 0.3) is 0 Å². The quantitative estimate of drug-likeness (QED) is 0.520. The monoisotopic (exact) mass is 422 g/mol. The van der Waals surface area contributed by atoms with E-state index in [0.29, 0.717) is 5.92 Å². The van der Waals surface area contributed by atoms with E-state index in [1.807, 2.05) is 0 Å². The molecule has 0 spiro atoms. The lowest BCUT2D eigenvalue weighted by atomic mass is 9.59. The fraction of sp³-hybridized carbons (Fsp3) is 0.667. The van der Waals surface area contributed by atoms with Gasteiger partial charge >= 0.3 is 5.97 Å². The highest BCUT2D eigenvalue weighted by Gasteiger charge is 2.52. The van der Waals surface area contributed by atoms with Crippen LogP contribution in [0.2, 0.25) is 0 Å². The average molecular weight is 423 g/mol. The molecule has 0 radical (unpaired) electrons. The fourth-order valence-electron chi connectivity index (χ4n) is 6.79. The van der Waals surface area contributed by atoms with Crippen LogP contribution in [0.25, 0.3) is 0 Å². The van der Waals surface area contributed by atoms with Crippen molar-refractivity contribution >= 4 is 11.7 Å². The number of carbonyl (C=O) groups excluding carboxylic acids is 1. The Kier molecular flexibility index (Phi) is 5.40. The van der Waals surface area contributed by atoms with E-state index in [1.165, 1.54) is 36.1 Å². The molecule has 5 atom stereocenters. The van der Waals surface area contributed by atoms with E-state index >= 15 is 0 Å². The maximum absolute atomic E-state index is 12.9. The highest BCUT2D eigenvalue weighted by molar-refractivity contribution is 5.76. The molecule has 4 heteroatoms. The van der Waals surface area contributed by atoms with E-state index in [-0.39, 0.29) is 29.3 Å². The SMILES string of the molecule is Cc1cccc(N2CCN(C[C@@H]3C(=O)O[C@H]4C[C@]5(C)CCC[C@H](C)C5=C[C@@H]43)CC2)c1C. The van der Waals surface area contributed by atoms with Gasteiger partial charge in [-0.05, 0) is 61.6 Å². The zero-order chi connectivity index (χ0) is 21.8. The second-order valence-corrected chi connectivity index (χ2v) is 10.8. The lowest BCUT2D eigenvalue weighted by Crippen LogP contribution is -2.49. The summed E-state index contributed by atoms with van der Waals surface area (Å²) in [5.74, 6) is 0.965. The van der Waals surface area contributed by atoms with E-state index in [4.69, 9.17) is 4.74 Å². The van der Waals surface area contributed by atoms with Crippen LogP contribution < -0.4 is 4.90 Å². The van der Waals surface area contributed by atoms with Gasteiger partial charge in [0.05, 0.1) is 5.92 Å². The molecule has 2 aliphatic carbocycles. The van der Waals surface area contributed by atoms with Crippen LogP contribution in [0.4, 0.5) is 5.69 Å². The summed E-state index contributed by atoms with van der Waals surface area (Å²) in [6.07, 6.45) is 7.44. The molecule has 4 nitrogen and oxygen atoms in total. The summed E-state index contributed by atoms with van der Waals surface area (Å²) in [4.78, 5) is 17.9. The normalized spacial score (nSPS) is 35.9. The smallest absolute Gasteiger partial charge is 0.311 e. The topological polar surface area (TPSA) is 32.8 Å². The third-order valence-corrected chi connectivity index (χ3v) is 8.83. The van der Waals surface area contributed by atoms with Gasteiger partial charge in [0.15, 0.2) is 0 Å². The van der Waals surface area contributed by atoms with Crippen molar-refractivity contribution in [1.29, 1.82) is 0 Å². The molecule has 2 saturated heterocycles. The van der Waals surface area contributed by atoms with Crippen LogP contribution in [0.15, 0.2) is 29.8 Å². The number of nitrogens with zero attached hydrogens (tertiary/aromatic N) is 2. The zero-order valence-electron chi connectivity index (χ0n) is 19.7. The molecular weight excluding hydrogens is 384 g/mol. The molecule has 0 aromatic heterocycles. The molecule has 2 heterocycles. The molecule has 2 aliphatic heterocycles. The highest BCUT2D eigenvalue weighted by atomic mass is 16.6. The molecule has 168 valence electrons. The first-order valence-corrected chi connectivity index (χ1v) is 12.3. The van der Waals surface area contributed by atoms with Crippen molar-refractivity contribution in [2.75, 3.05) is 37.6 Å². The number of aryl methyl sites for hydroxylation is 1. The summed E-state index contributed by atoms with van der Waals surface area (Å²) in [7, 11) is 0. The van der Waals surface area contributed by atoms with E-state index in [0.717, 1.165) is 39.1 Å². The van der Waals surface area contributed by atoms with Crippen LogP contribution in [0, 0.1) is 37.0 Å². The summed E-state index contributed by atoms with van der Waals surface area (Å²) in [6.45, 7) is 14.1. The Morgan fingerprint density at radius 1 is 1.16 bits per heavy atom. The molecule has 0 unspecified atom stereocenters. The molecule has 0 N–H and O–H groups in total. The van der Waals surface area contributed by atoms with Gasteiger partial charge in [-0.1, -0.05) is 44.1 Å². The standard InChI is InChI=1S/C27H38N2O2/c1-18-7-5-9-24(20(18)3)29-13-11-28(12-14-29)17-22-21-15-23-19(2)8-6-10-27(23,4)16-25(21)31-26(22)30/h5,7,9,15,19,21-22,25H,6,8,10-14,16-17H2,1-4H3/t19-,21+,22-,25-,27-/m0/s1. The molecule has 1 aromatic rings. The molecule has 0 amide bonds. The Morgan fingerprint density at radius 3 is 2.71 bits per heavy atom. The van der Waals surface area contributed by atoms with Crippen molar-refractivity contribution in [2.45, 2.75) is 59.5 Å². The van der Waals surface area contributed by atoms with Gasteiger partial charge in [-0.15, -0.1) is 0 Å². The molecule has 0 bridgehead atoms. The van der Waals surface area contributed by atoms with Crippen LogP contribution in [0.1, 0.15) is 50.7 Å². The fourth-order valence-corrected chi connectivity index (χ4v) is 6.79. The number of rotatable bonds is 3. The predicted octanol–water partition coefficient (Wildman–Crippen LogP) is 4.74. The number of hydrogen-bond acceptors (Lipinski definition) is 4. The lowest BCUT2D eigenvalue weighted by Gasteiger charge is -2.46. The number of anilines is 1. The van der Waals surface area contributed by atoms with Crippen molar-refractivity contribution in [2.24, 2.45) is 23.2 Å². The summed E-state index contributed by atoms with van der Waals surface area (Å²) in [5, 5.41) is 0. The van der Waals surface area contributed by atoms with E-state index in [2.05, 4.69) is 61.8 Å². The molecule has 3 fully saturated rings. The lowest BCUT2D eigenvalue weighted by molar-refractivity contribution is -0.145. The minimum absolute atomic E-state index is 0.00318. The van der Waals surface area contributed by atoms with Crippen molar-refractivity contribution in [3.8, 4) is 0 Å². The van der Waals surface area contributed by atoms with E-state index in [1.54, 1.807) is 5.57 Å². The Balaban J connectivity index is 1.27. The number of allylic oxidation sites excluding steroid dienone is 1. The molecular formula is C27H38N2O2. The van der Waals surface area contributed by atoms with Gasteiger partial charge in [0.1, 0.15) is 6.10 Å². The second-order valence-electron chi connectivity index (χ2n) is 10.8. The number of benzene rings is 1. The first-order valence-electron chi connectivity index (χ1n) is 12.3. The number of piperazine rings is 1. The first kappa shape index (κ1) is 21.1. The Hall–Kier alpha value is -1.81. The van der Waals surface area contributed by atoms with Crippen LogP contribution in [0.3, 0.4) is 0 Å². The minimum Gasteiger partial charge on any atom is -0.461 e. The third-order valence-electron chi connectivity index (χ3n) is 8.83. The van der Waals surface area contributed by atoms with E-state index < -0.39 is 0 Å². The summed E-state index contributed by atoms with van der Waals surface area (Å²) < 4.78 is 5.97. The summed E-state index contributed by atoms with van der Waals surface area (Å²) >= 11 is 0. The van der Waals surface area contributed by atoms with Crippen molar-refractivity contribution < 1.29 is 9.53 Å². The van der Waals surface area contributed by atoms with Gasteiger partial charge in [0, 0.05) is 44.3 Å². The Morgan fingerprint density at radius 2 is 1.94 bits per heavy atom. The summed E-state index contributed by atoms with van der Waals surface area (Å²) in [5.41, 5.74) is 5.96. The van der Waals surface area contributed by atoms with Crippen molar-refractivity contribution in [3.05, 3.63) is 41.0 Å². The Labute approximate surface area is 187 Å². The maximum atomic E-state index is 12.9. The maximum Gasteiger partial charge on any atom is 0.311 e. The molecule has 1 aromatic carbocycles.